The summed E-state index contributed by atoms with van der Waals surface area (Å²) in [7, 11) is 0. The minimum atomic E-state index is -4.33. The third kappa shape index (κ3) is 4.04. The molecule has 0 aromatic heterocycles. The molecular formula is C12H16F3N3O. The lowest BCUT2D eigenvalue weighted by atomic mass is 10.1. The van der Waals surface area contributed by atoms with Crippen molar-refractivity contribution in [1.29, 1.82) is 0 Å². The van der Waals surface area contributed by atoms with Crippen LogP contribution < -0.4 is 16.4 Å². The maximum atomic E-state index is 12.5. The Labute approximate surface area is 109 Å². The van der Waals surface area contributed by atoms with Crippen molar-refractivity contribution < 1.29 is 18.0 Å². The number of primary amides is 1. The zero-order chi connectivity index (χ0) is 14.8. The zero-order valence-electron chi connectivity index (χ0n) is 10.7. The molecule has 106 valence electrons. The highest BCUT2D eigenvalue weighted by Gasteiger charge is 2.32. The van der Waals surface area contributed by atoms with Crippen molar-refractivity contribution in [2.24, 2.45) is 5.73 Å². The van der Waals surface area contributed by atoms with Gasteiger partial charge in [-0.05, 0) is 32.0 Å². The van der Waals surface area contributed by atoms with Crippen molar-refractivity contribution in [1.82, 2.24) is 0 Å². The van der Waals surface area contributed by atoms with Gasteiger partial charge in [0.1, 0.15) is 6.54 Å². The minimum Gasteiger partial charge on any atom is -0.397 e. The van der Waals surface area contributed by atoms with E-state index < -0.39 is 18.6 Å². The number of alkyl halides is 3. The van der Waals surface area contributed by atoms with E-state index in [0.717, 1.165) is 4.90 Å². The topological polar surface area (TPSA) is 72.3 Å². The lowest BCUT2D eigenvalue weighted by Gasteiger charge is -2.31. The maximum Gasteiger partial charge on any atom is 0.405 e. The van der Waals surface area contributed by atoms with Gasteiger partial charge in [0.15, 0.2) is 0 Å². The average Bonchev–Trinajstić information content (AvgIpc) is 2.24. The number of rotatable bonds is 4. The first-order valence-corrected chi connectivity index (χ1v) is 5.64. The number of amides is 1. The predicted molar refractivity (Wildman–Crippen MR) is 67.9 cm³/mol. The largest absolute Gasteiger partial charge is 0.405 e. The molecule has 0 heterocycles. The van der Waals surface area contributed by atoms with Gasteiger partial charge in [0.05, 0.1) is 11.4 Å². The molecule has 0 saturated carbocycles. The molecule has 0 aliphatic heterocycles. The standard InChI is InChI=1S/C12H16F3N3O/c1-7(2)18(6-12(13,14)15)10-4-3-8(11(17)19)5-9(10)16/h3-5,7H,6,16H2,1-2H3,(H2,17,19). The Morgan fingerprint density at radius 3 is 2.32 bits per heavy atom. The number of nitrogens with two attached hydrogens (primary N) is 2. The fourth-order valence-corrected chi connectivity index (χ4v) is 1.71. The molecular weight excluding hydrogens is 259 g/mol. The van der Waals surface area contributed by atoms with E-state index in [2.05, 4.69) is 0 Å². The lowest BCUT2D eigenvalue weighted by molar-refractivity contribution is -0.120. The Morgan fingerprint density at radius 1 is 1.37 bits per heavy atom. The van der Waals surface area contributed by atoms with Gasteiger partial charge >= 0.3 is 6.18 Å². The van der Waals surface area contributed by atoms with E-state index in [4.69, 9.17) is 11.5 Å². The van der Waals surface area contributed by atoms with Crippen LogP contribution in [0.5, 0.6) is 0 Å². The second kappa shape index (κ2) is 5.38. The summed E-state index contributed by atoms with van der Waals surface area (Å²) in [6.07, 6.45) is -4.33. The monoisotopic (exact) mass is 275 g/mol. The highest BCUT2D eigenvalue weighted by molar-refractivity contribution is 5.94. The van der Waals surface area contributed by atoms with Crippen LogP contribution in [0.1, 0.15) is 24.2 Å². The molecule has 4 N–H and O–H groups in total. The number of hydrogen-bond donors (Lipinski definition) is 2. The Hall–Kier alpha value is -1.92. The predicted octanol–water partition coefficient (Wildman–Crippen LogP) is 2.14. The van der Waals surface area contributed by atoms with E-state index >= 15 is 0 Å². The molecule has 7 heteroatoms. The third-order valence-corrected chi connectivity index (χ3v) is 2.59. The molecule has 1 aromatic carbocycles. The SMILES string of the molecule is CC(C)N(CC(F)(F)F)c1ccc(C(N)=O)cc1N. The highest BCUT2D eigenvalue weighted by Crippen LogP contribution is 2.29. The van der Waals surface area contributed by atoms with E-state index in [1.165, 1.54) is 18.2 Å². The van der Waals surface area contributed by atoms with Crippen LogP contribution in [-0.2, 0) is 0 Å². The van der Waals surface area contributed by atoms with E-state index in [0.29, 0.717) is 0 Å². The Kier molecular flexibility index (Phi) is 4.28. The molecule has 0 atom stereocenters. The molecule has 0 unspecified atom stereocenters. The first kappa shape index (κ1) is 15.1. The van der Waals surface area contributed by atoms with Crippen LogP contribution in [0.4, 0.5) is 24.5 Å². The van der Waals surface area contributed by atoms with Crippen LogP contribution in [0.3, 0.4) is 0 Å². The Morgan fingerprint density at radius 2 is 1.95 bits per heavy atom. The summed E-state index contributed by atoms with van der Waals surface area (Å²) >= 11 is 0. The summed E-state index contributed by atoms with van der Waals surface area (Å²) in [4.78, 5) is 12.1. The van der Waals surface area contributed by atoms with E-state index in [1.54, 1.807) is 13.8 Å². The van der Waals surface area contributed by atoms with Crippen molar-refractivity contribution >= 4 is 17.3 Å². The number of hydrogen-bond acceptors (Lipinski definition) is 3. The van der Waals surface area contributed by atoms with E-state index in [-0.39, 0.29) is 23.0 Å². The van der Waals surface area contributed by atoms with Gasteiger partial charge < -0.3 is 16.4 Å². The summed E-state index contributed by atoms with van der Waals surface area (Å²) in [5, 5.41) is 0. The van der Waals surface area contributed by atoms with Gasteiger partial charge in [0.25, 0.3) is 0 Å². The zero-order valence-corrected chi connectivity index (χ0v) is 10.7. The summed E-state index contributed by atoms with van der Waals surface area (Å²) < 4.78 is 37.6. The molecule has 1 aromatic rings. The van der Waals surface area contributed by atoms with Crippen molar-refractivity contribution in [2.45, 2.75) is 26.1 Å². The maximum absolute atomic E-state index is 12.5. The first-order valence-electron chi connectivity index (χ1n) is 5.64. The molecule has 0 aliphatic carbocycles. The molecule has 0 spiro atoms. The van der Waals surface area contributed by atoms with Crippen LogP contribution in [0.25, 0.3) is 0 Å². The van der Waals surface area contributed by atoms with Crippen LogP contribution in [0, 0.1) is 0 Å². The molecule has 19 heavy (non-hydrogen) atoms. The summed E-state index contributed by atoms with van der Waals surface area (Å²) in [5.74, 6) is -0.676. The van der Waals surface area contributed by atoms with Gasteiger partial charge in [-0.15, -0.1) is 0 Å². The van der Waals surface area contributed by atoms with Gasteiger partial charge in [-0.2, -0.15) is 13.2 Å². The summed E-state index contributed by atoms with van der Waals surface area (Å²) in [5.41, 5.74) is 11.3. The number of anilines is 2. The van der Waals surface area contributed by atoms with Crippen LogP contribution in [0.2, 0.25) is 0 Å². The van der Waals surface area contributed by atoms with Gasteiger partial charge in [-0.25, -0.2) is 0 Å². The van der Waals surface area contributed by atoms with Gasteiger partial charge in [-0.1, -0.05) is 0 Å². The van der Waals surface area contributed by atoms with Crippen molar-refractivity contribution in [2.75, 3.05) is 17.2 Å². The Balaban J connectivity index is 3.14. The highest BCUT2D eigenvalue weighted by atomic mass is 19.4. The van der Waals surface area contributed by atoms with Crippen LogP contribution in [0.15, 0.2) is 18.2 Å². The Bertz CT molecular complexity index is 472. The van der Waals surface area contributed by atoms with Crippen molar-refractivity contribution in [3.8, 4) is 0 Å². The van der Waals surface area contributed by atoms with Crippen LogP contribution >= 0.6 is 0 Å². The van der Waals surface area contributed by atoms with E-state index in [9.17, 15) is 18.0 Å². The molecule has 0 saturated heterocycles. The molecule has 0 radical (unpaired) electrons. The van der Waals surface area contributed by atoms with Crippen molar-refractivity contribution in [3.63, 3.8) is 0 Å². The van der Waals surface area contributed by atoms with Gasteiger partial charge in [0, 0.05) is 11.6 Å². The fourth-order valence-electron chi connectivity index (χ4n) is 1.71. The average molecular weight is 275 g/mol. The summed E-state index contributed by atoms with van der Waals surface area (Å²) in [6.45, 7) is 2.16. The third-order valence-electron chi connectivity index (χ3n) is 2.59. The number of halogens is 3. The number of nitrogens with zero attached hydrogens (tertiary/aromatic N) is 1. The normalized spacial score (nSPS) is 11.7. The second-order valence-corrected chi connectivity index (χ2v) is 4.47. The first-order chi connectivity index (χ1) is 8.61. The van der Waals surface area contributed by atoms with Gasteiger partial charge in [-0.3, -0.25) is 4.79 Å². The fraction of sp³-hybridized carbons (Fsp3) is 0.417. The molecule has 1 rings (SSSR count). The number of benzene rings is 1. The molecule has 0 bridgehead atoms. The van der Waals surface area contributed by atoms with Gasteiger partial charge in [0.2, 0.25) is 5.91 Å². The number of carbonyl (C=O) groups is 1. The molecule has 0 fully saturated rings. The summed E-state index contributed by atoms with van der Waals surface area (Å²) in [6, 6.07) is 3.63. The smallest absolute Gasteiger partial charge is 0.397 e. The van der Waals surface area contributed by atoms with E-state index in [1.807, 2.05) is 0 Å². The number of carbonyl (C=O) groups excluding carboxylic acids is 1. The lowest BCUT2D eigenvalue weighted by Crippen LogP contribution is -2.39. The quantitative estimate of drug-likeness (QED) is 0.827. The van der Waals surface area contributed by atoms with Crippen LogP contribution in [-0.4, -0.2) is 24.7 Å². The second-order valence-electron chi connectivity index (χ2n) is 4.47. The molecule has 1 amide bonds. The minimum absolute atomic E-state index is 0.0919. The number of nitrogen functional groups attached to an aromatic ring is 1. The molecule has 4 nitrogen and oxygen atoms in total. The van der Waals surface area contributed by atoms with Crippen molar-refractivity contribution in [3.05, 3.63) is 23.8 Å². The molecule has 0 aliphatic rings.